The molecule has 1 heterocycles. The second-order valence-electron chi connectivity index (χ2n) is 3.75. The number of hydrogen-bond donors (Lipinski definition) is 0. The molecule has 86 valence electrons. The summed E-state index contributed by atoms with van der Waals surface area (Å²) < 4.78 is 23.0. The molecule has 0 unspecified atom stereocenters. The Kier molecular flexibility index (Phi) is 3.12. The Morgan fingerprint density at radius 2 is 1.80 bits per heavy atom. The van der Waals surface area contributed by atoms with E-state index in [9.17, 15) is 13.2 Å². The van der Waals surface area contributed by atoms with E-state index in [1.807, 2.05) is 0 Å². The molecular formula is C7H8Br2ClNO3S. The summed E-state index contributed by atoms with van der Waals surface area (Å²) in [5.74, 6) is -0.574. The van der Waals surface area contributed by atoms with Crippen molar-refractivity contribution in [3.8, 4) is 0 Å². The second-order valence-corrected chi connectivity index (χ2v) is 8.49. The third-order valence-corrected chi connectivity index (χ3v) is 6.97. The van der Waals surface area contributed by atoms with Crippen molar-refractivity contribution >= 4 is 57.7 Å². The van der Waals surface area contributed by atoms with Gasteiger partial charge in [-0.2, -0.15) is 8.42 Å². The van der Waals surface area contributed by atoms with Crippen LogP contribution >= 0.6 is 42.5 Å². The zero-order valence-corrected chi connectivity index (χ0v) is 12.2. The Bertz CT molecular complexity index is 401. The zero-order chi connectivity index (χ0) is 11.4. The molecule has 0 N–H and O–H groups in total. The molecule has 0 aromatic carbocycles. The van der Waals surface area contributed by atoms with Gasteiger partial charge in [-0.05, 0) is 12.8 Å². The third-order valence-electron chi connectivity index (χ3n) is 2.87. The van der Waals surface area contributed by atoms with Crippen molar-refractivity contribution in [1.82, 2.24) is 4.31 Å². The highest BCUT2D eigenvalue weighted by Gasteiger charge is 2.56. The molecule has 0 radical (unpaired) electrons. The minimum Gasteiger partial charge on any atom is -0.273 e. The van der Waals surface area contributed by atoms with E-state index in [0.29, 0.717) is 12.8 Å². The molecular weight excluding hydrogens is 373 g/mol. The summed E-state index contributed by atoms with van der Waals surface area (Å²) in [5, 5.41) is 0. The normalized spacial score (nSPS) is 41.0. The quantitative estimate of drug-likeness (QED) is 0.394. The SMILES string of the molecule is O=C1[C@@H]2C[C@H](Br)[C@@H](Br)C[C@@H]2N1S(=O)(=O)Cl. The second kappa shape index (κ2) is 3.85. The van der Waals surface area contributed by atoms with Gasteiger partial charge in [-0.25, -0.2) is 4.31 Å². The van der Waals surface area contributed by atoms with Gasteiger partial charge in [0.15, 0.2) is 0 Å². The molecule has 1 aliphatic heterocycles. The maximum absolute atomic E-state index is 11.5. The van der Waals surface area contributed by atoms with Crippen LogP contribution in [0.5, 0.6) is 0 Å². The van der Waals surface area contributed by atoms with Gasteiger partial charge in [0.1, 0.15) is 0 Å². The van der Waals surface area contributed by atoms with Crippen LogP contribution in [0.3, 0.4) is 0 Å². The van der Waals surface area contributed by atoms with Crippen LogP contribution in [0.2, 0.25) is 0 Å². The molecule has 2 rings (SSSR count). The van der Waals surface area contributed by atoms with Gasteiger partial charge >= 0.3 is 9.24 Å². The highest BCUT2D eigenvalue weighted by atomic mass is 79.9. The van der Waals surface area contributed by atoms with Gasteiger partial charge in [-0.15, -0.1) is 0 Å². The van der Waals surface area contributed by atoms with Crippen molar-refractivity contribution < 1.29 is 13.2 Å². The summed E-state index contributed by atoms with van der Waals surface area (Å²) in [6.45, 7) is 0. The molecule has 0 aromatic rings. The standard InChI is InChI=1S/C7H8Br2ClNO3S/c8-4-1-3-6(2-5(4)9)11(7(3)12)15(10,13)14/h3-6H,1-2H2/t3-,4+,5+,6+/m1/s1. The molecule has 0 bridgehead atoms. The van der Waals surface area contributed by atoms with Gasteiger partial charge in [-0.3, -0.25) is 4.79 Å². The maximum Gasteiger partial charge on any atom is 0.324 e. The van der Waals surface area contributed by atoms with Crippen molar-refractivity contribution in [2.24, 2.45) is 5.92 Å². The van der Waals surface area contributed by atoms with Gasteiger partial charge in [0, 0.05) is 20.3 Å². The first kappa shape index (κ1) is 12.1. The average Bonchev–Trinajstić information content (AvgIpc) is 2.08. The lowest BCUT2D eigenvalue weighted by Crippen LogP contribution is -2.65. The lowest BCUT2D eigenvalue weighted by molar-refractivity contribution is -0.148. The molecule has 1 amide bonds. The number of alkyl halides is 2. The lowest BCUT2D eigenvalue weighted by atomic mass is 9.78. The number of carbonyl (C=O) groups excluding carboxylic acids is 1. The van der Waals surface area contributed by atoms with Crippen LogP contribution in [0.25, 0.3) is 0 Å². The third kappa shape index (κ3) is 1.96. The number of hydrogen-bond acceptors (Lipinski definition) is 3. The average molecular weight is 381 g/mol. The van der Waals surface area contributed by atoms with Crippen LogP contribution in [0.4, 0.5) is 0 Å². The topological polar surface area (TPSA) is 54.5 Å². The van der Waals surface area contributed by atoms with Gasteiger partial charge in [0.25, 0.3) is 0 Å². The molecule has 8 heteroatoms. The van der Waals surface area contributed by atoms with Crippen LogP contribution in [0.1, 0.15) is 12.8 Å². The van der Waals surface area contributed by atoms with Gasteiger partial charge in [-0.1, -0.05) is 31.9 Å². The van der Waals surface area contributed by atoms with Crippen molar-refractivity contribution in [1.29, 1.82) is 0 Å². The molecule has 1 saturated carbocycles. The van der Waals surface area contributed by atoms with E-state index < -0.39 is 9.24 Å². The molecule has 1 saturated heterocycles. The first-order valence-corrected chi connectivity index (χ1v) is 8.48. The van der Waals surface area contributed by atoms with Crippen LogP contribution in [-0.4, -0.2) is 34.3 Å². The fourth-order valence-electron chi connectivity index (χ4n) is 2.13. The Labute approximate surface area is 109 Å². The van der Waals surface area contributed by atoms with Crippen molar-refractivity contribution in [3.05, 3.63) is 0 Å². The Morgan fingerprint density at radius 3 is 2.33 bits per heavy atom. The number of halogens is 3. The van der Waals surface area contributed by atoms with Crippen molar-refractivity contribution in [2.75, 3.05) is 0 Å². The highest BCUT2D eigenvalue weighted by Crippen LogP contribution is 2.45. The minimum absolute atomic E-state index is 0.174. The molecule has 0 aromatic heterocycles. The summed E-state index contributed by atoms with van der Waals surface area (Å²) in [4.78, 5) is 11.9. The van der Waals surface area contributed by atoms with Gasteiger partial charge in [0.2, 0.25) is 5.91 Å². The largest absolute Gasteiger partial charge is 0.324 e. The molecule has 1 aliphatic carbocycles. The number of amides is 1. The summed E-state index contributed by atoms with van der Waals surface area (Å²) in [6.07, 6.45) is 1.26. The van der Waals surface area contributed by atoms with E-state index in [1.54, 1.807) is 0 Å². The summed E-state index contributed by atoms with van der Waals surface area (Å²) in [6, 6.07) is -0.266. The maximum atomic E-state index is 11.5. The molecule has 15 heavy (non-hydrogen) atoms. The number of nitrogens with zero attached hydrogens (tertiary/aromatic N) is 1. The van der Waals surface area contributed by atoms with Crippen LogP contribution < -0.4 is 0 Å². The number of rotatable bonds is 1. The fourth-order valence-corrected chi connectivity index (χ4v) is 4.76. The van der Waals surface area contributed by atoms with Crippen molar-refractivity contribution in [3.63, 3.8) is 0 Å². The first-order valence-electron chi connectivity index (χ1n) is 4.38. The lowest BCUT2D eigenvalue weighted by Gasteiger charge is -2.49. The van der Waals surface area contributed by atoms with E-state index in [1.165, 1.54) is 0 Å². The number of carbonyl (C=O) groups is 1. The van der Waals surface area contributed by atoms with E-state index in [4.69, 9.17) is 10.7 Å². The summed E-state index contributed by atoms with van der Waals surface area (Å²) >= 11 is 6.90. The Hall–Kier alpha value is 0.670. The summed E-state index contributed by atoms with van der Waals surface area (Å²) in [5.41, 5.74) is 0. The van der Waals surface area contributed by atoms with Gasteiger partial charge in [0.05, 0.1) is 12.0 Å². The number of fused-ring (bicyclic) bond motifs is 1. The smallest absolute Gasteiger partial charge is 0.273 e. The molecule has 4 atom stereocenters. The molecule has 0 spiro atoms. The monoisotopic (exact) mass is 379 g/mol. The van der Waals surface area contributed by atoms with E-state index in [0.717, 1.165) is 4.31 Å². The predicted octanol–water partition coefficient (Wildman–Crippen LogP) is 1.62. The fraction of sp³-hybridized carbons (Fsp3) is 0.857. The number of β-lactam (4-membered cyclic amide) rings is 1. The molecule has 2 aliphatic rings. The zero-order valence-electron chi connectivity index (χ0n) is 7.44. The minimum atomic E-state index is -3.91. The van der Waals surface area contributed by atoms with E-state index >= 15 is 0 Å². The molecule has 2 fully saturated rings. The summed E-state index contributed by atoms with van der Waals surface area (Å²) in [7, 11) is 1.28. The Balaban J connectivity index is 2.20. The highest BCUT2D eigenvalue weighted by molar-refractivity contribution is 9.12. The van der Waals surface area contributed by atoms with Crippen LogP contribution in [0.15, 0.2) is 0 Å². The van der Waals surface area contributed by atoms with Crippen LogP contribution in [-0.2, 0) is 14.0 Å². The van der Waals surface area contributed by atoms with Crippen LogP contribution in [0, 0.1) is 5.92 Å². The molecule has 4 nitrogen and oxygen atoms in total. The van der Waals surface area contributed by atoms with Crippen molar-refractivity contribution in [2.45, 2.75) is 28.5 Å². The predicted molar refractivity (Wildman–Crippen MR) is 63.6 cm³/mol. The van der Waals surface area contributed by atoms with E-state index in [-0.39, 0.29) is 27.5 Å². The van der Waals surface area contributed by atoms with Gasteiger partial charge < -0.3 is 0 Å². The van der Waals surface area contributed by atoms with E-state index in [2.05, 4.69) is 31.9 Å². The Morgan fingerprint density at radius 1 is 1.27 bits per heavy atom. The first-order chi connectivity index (χ1) is 6.82.